The lowest BCUT2D eigenvalue weighted by Gasteiger charge is -2.06. The third-order valence-corrected chi connectivity index (χ3v) is 2.20. The van der Waals surface area contributed by atoms with Gasteiger partial charge in [-0.3, -0.25) is 4.98 Å². The molecule has 0 bridgehead atoms. The zero-order valence-corrected chi connectivity index (χ0v) is 8.34. The Labute approximate surface area is 88.0 Å². The van der Waals surface area contributed by atoms with Gasteiger partial charge < -0.3 is 9.84 Å². The van der Waals surface area contributed by atoms with Gasteiger partial charge in [0.1, 0.15) is 11.5 Å². The number of methoxy groups -OCH3 is 1. The van der Waals surface area contributed by atoms with Crippen LogP contribution in [-0.4, -0.2) is 17.2 Å². The summed E-state index contributed by atoms with van der Waals surface area (Å²) in [5, 5.41) is 9.78. The SMILES string of the molecule is COc1ccc(-c2ccncc2)c(O)c1. The fourth-order valence-corrected chi connectivity index (χ4v) is 1.41. The number of rotatable bonds is 2. The monoisotopic (exact) mass is 201 g/mol. The van der Waals surface area contributed by atoms with E-state index in [1.54, 1.807) is 25.6 Å². The molecule has 2 aromatic rings. The van der Waals surface area contributed by atoms with Crippen molar-refractivity contribution < 1.29 is 9.84 Å². The summed E-state index contributed by atoms with van der Waals surface area (Å²) in [5.74, 6) is 0.853. The Bertz CT molecular complexity index is 454. The summed E-state index contributed by atoms with van der Waals surface area (Å²) in [7, 11) is 1.57. The van der Waals surface area contributed by atoms with Crippen LogP contribution in [0.3, 0.4) is 0 Å². The number of aromatic hydroxyl groups is 1. The van der Waals surface area contributed by atoms with Gasteiger partial charge in [0.2, 0.25) is 0 Å². The predicted molar refractivity (Wildman–Crippen MR) is 57.9 cm³/mol. The van der Waals surface area contributed by atoms with Crippen LogP contribution in [0.2, 0.25) is 0 Å². The van der Waals surface area contributed by atoms with Gasteiger partial charge in [-0.2, -0.15) is 0 Å². The summed E-state index contributed by atoms with van der Waals surface area (Å²) in [6, 6.07) is 8.93. The molecule has 0 spiro atoms. The summed E-state index contributed by atoms with van der Waals surface area (Å²) < 4.78 is 5.01. The van der Waals surface area contributed by atoms with Crippen molar-refractivity contribution in [2.45, 2.75) is 0 Å². The maximum absolute atomic E-state index is 9.78. The second kappa shape index (κ2) is 4.00. The number of aromatic nitrogens is 1. The summed E-state index contributed by atoms with van der Waals surface area (Å²) in [6.45, 7) is 0. The minimum Gasteiger partial charge on any atom is -0.507 e. The highest BCUT2D eigenvalue weighted by Gasteiger charge is 2.04. The molecule has 0 atom stereocenters. The first-order valence-electron chi connectivity index (χ1n) is 4.58. The molecule has 2 rings (SSSR count). The highest BCUT2D eigenvalue weighted by molar-refractivity contribution is 5.70. The molecule has 3 nitrogen and oxygen atoms in total. The second-order valence-corrected chi connectivity index (χ2v) is 3.12. The van der Waals surface area contributed by atoms with Crippen molar-refractivity contribution in [3.63, 3.8) is 0 Å². The Morgan fingerprint density at radius 1 is 1.13 bits per heavy atom. The lowest BCUT2D eigenvalue weighted by Crippen LogP contribution is -1.84. The molecule has 0 fully saturated rings. The van der Waals surface area contributed by atoms with E-state index in [0.29, 0.717) is 5.75 Å². The number of nitrogens with zero attached hydrogens (tertiary/aromatic N) is 1. The molecular weight excluding hydrogens is 190 g/mol. The number of hydrogen-bond donors (Lipinski definition) is 1. The van der Waals surface area contributed by atoms with Gasteiger partial charge in [-0.25, -0.2) is 0 Å². The largest absolute Gasteiger partial charge is 0.507 e. The number of hydrogen-bond acceptors (Lipinski definition) is 3. The summed E-state index contributed by atoms with van der Waals surface area (Å²) >= 11 is 0. The zero-order chi connectivity index (χ0) is 10.7. The van der Waals surface area contributed by atoms with Crippen LogP contribution in [0.5, 0.6) is 11.5 Å². The van der Waals surface area contributed by atoms with Crippen molar-refractivity contribution in [2.75, 3.05) is 7.11 Å². The fraction of sp³-hybridized carbons (Fsp3) is 0.0833. The molecule has 0 saturated heterocycles. The van der Waals surface area contributed by atoms with Crippen molar-refractivity contribution >= 4 is 0 Å². The molecule has 0 aliphatic heterocycles. The lowest BCUT2D eigenvalue weighted by atomic mass is 10.1. The van der Waals surface area contributed by atoms with Crippen LogP contribution in [-0.2, 0) is 0 Å². The Morgan fingerprint density at radius 3 is 2.47 bits per heavy atom. The van der Waals surface area contributed by atoms with E-state index >= 15 is 0 Å². The first kappa shape index (κ1) is 9.52. The van der Waals surface area contributed by atoms with Crippen LogP contribution in [0.4, 0.5) is 0 Å². The van der Waals surface area contributed by atoms with E-state index in [1.165, 1.54) is 0 Å². The zero-order valence-electron chi connectivity index (χ0n) is 8.34. The van der Waals surface area contributed by atoms with Gasteiger partial charge in [-0.1, -0.05) is 0 Å². The molecule has 15 heavy (non-hydrogen) atoms. The van der Waals surface area contributed by atoms with Gasteiger partial charge in [0.25, 0.3) is 0 Å². The molecule has 0 aliphatic rings. The Hall–Kier alpha value is -2.03. The van der Waals surface area contributed by atoms with Crippen molar-refractivity contribution in [1.82, 2.24) is 4.98 Å². The second-order valence-electron chi connectivity index (χ2n) is 3.12. The molecular formula is C12H11NO2. The molecule has 1 N–H and O–H groups in total. The molecule has 0 saturated carbocycles. The van der Waals surface area contributed by atoms with Gasteiger partial charge in [0.05, 0.1) is 7.11 Å². The first-order chi connectivity index (χ1) is 7.31. The molecule has 0 aliphatic carbocycles. The number of ether oxygens (including phenoxy) is 1. The normalized spacial score (nSPS) is 9.93. The topological polar surface area (TPSA) is 42.4 Å². The van der Waals surface area contributed by atoms with Crippen LogP contribution in [0, 0.1) is 0 Å². The van der Waals surface area contributed by atoms with Crippen molar-refractivity contribution in [2.24, 2.45) is 0 Å². The van der Waals surface area contributed by atoms with E-state index < -0.39 is 0 Å². The molecule has 76 valence electrons. The third kappa shape index (κ3) is 1.91. The number of phenolic OH excluding ortho intramolecular Hbond substituents is 1. The maximum atomic E-state index is 9.78. The van der Waals surface area contributed by atoms with Crippen molar-refractivity contribution in [3.8, 4) is 22.6 Å². The Balaban J connectivity index is 2.46. The van der Waals surface area contributed by atoms with Gasteiger partial charge in [0.15, 0.2) is 0 Å². The molecule has 1 aromatic heterocycles. The molecule has 0 unspecified atom stereocenters. The Morgan fingerprint density at radius 2 is 1.87 bits per heavy atom. The first-order valence-corrected chi connectivity index (χ1v) is 4.58. The highest BCUT2D eigenvalue weighted by atomic mass is 16.5. The average molecular weight is 201 g/mol. The van der Waals surface area contributed by atoms with E-state index in [9.17, 15) is 5.11 Å². The predicted octanol–water partition coefficient (Wildman–Crippen LogP) is 2.46. The minimum absolute atomic E-state index is 0.209. The third-order valence-electron chi connectivity index (χ3n) is 2.20. The molecule has 0 radical (unpaired) electrons. The average Bonchev–Trinajstić information content (AvgIpc) is 2.30. The highest BCUT2D eigenvalue weighted by Crippen LogP contribution is 2.31. The summed E-state index contributed by atoms with van der Waals surface area (Å²) in [6.07, 6.45) is 3.39. The van der Waals surface area contributed by atoms with Crippen LogP contribution >= 0.6 is 0 Å². The van der Waals surface area contributed by atoms with Gasteiger partial charge in [-0.05, 0) is 29.8 Å². The number of benzene rings is 1. The van der Waals surface area contributed by atoms with Crippen LogP contribution in [0.25, 0.3) is 11.1 Å². The van der Waals surface area contributed by atoms with E-state index in [2.05, 4.69) is 4.98 Å². The van der Waals surface area contributed by atoms with Gasteiger partial charge >= 0.3 is 0 Å². The standard InChI is InChI=1S/C12H11NO2/c1-15-10-2-3-11(12(14)8-10)9-4-6-13-7-5-9/h2-8,14H,1H3. The van der Waals surface area contributed by atoms with E-state index in [4.69, 9.17) is 4.74 Å². The van der Waals surface area contributed by atoms with E-state index in [1.807, 2.05) is 24.3 Å². The summed E-state index contributed by atoms with van der Waals surface area (Å²) in [4.78, 5) is 3.93. The molecule has 1 heterocycles. The smallest absolute Gasteiger partial charge is 0.127 e. The van der Waals surface area contributed by atoms with Gasteiger partial charge in [-0.15, -0.1) is 0 Å². The van der Waals surface area contributed by atoms with Crippen LogP contribution in [0.15, 0.2) is 42.7 Å². The quantitative estimate of drug-likeness (QED) is 0.811. The lowest BCUT2D eigenvalue weighted by molar-refractivity contribution is 0.408. The minimum atomic E-state index is 0.209. The van der Waals surface area contributed by atoms with Crippen LogP contribution in [0.1, 0.15) is 0 Å². The Kier molecular flexibility index (Phi) is 2.54. The summed E-state index contributed by atoms with van der Waals surface area (Å²) in [5.41, 5.74) is 1.71. The number of pyridine rings is 1. The molecule has 0 amide bonds. The fourth-order valence-electron chi connectivity index (χ4n) is 1.41. The molecule has 1 aromatic carbocycles. The van der Waals surface area contributed by atoms with Gasteiger partial charge in [0, 0.05) is 24.0 Å². The molecule has 3 heteroatoms. The van der Waals surface area contributed by atoms with Crippen molar-refractivity contribution in [3.05, 3.63) is 42.7 Å². The maximum Gasteiger partial charge on any atom is 0.127 e. The number of phenols is 1. The van der Waals surface area contributed by atoms with E-state index in [-0.39, 0.29) is 5.75 Å². The van der Waals surface area contributed by atoms with Crippen molar-refractivity contribution in [1.29, 1.82) is 0 Å². The van der Waals surface area contributed by atoms with Crippen LogP contribution < -0.4 is 4.74 Å². The van der Waals surface area contributed by atoms with E-state index in [0.717, 1.165) is 11.1 Å².